The van der Waals surface area contributed by atoms with Crippen LogP contribution in [0.5, 0.6) is 0 Å². The first-order valence-electron chi connectivity index (χ1n) is 7.48. The van der Waals surface area contributed by atoms with E-state index in [9.17, 15) is 26.7 Å². The molecular formula is C16H18F5NO. The third-order valence-electron chi connectivity index (χ3n) is 3.99. The highest BCUT2D eigenvalue weighted by Crippen LogP contribution is 2.49. The van der Waals surface area contributed by atoms with Gasteiger partial charge >= 0.3 is 12.1 Å². The van der Waals surface area contributed by atoms with Gasteiger partial charge < -0.3 is 5.32 Å². The van der Waals surface area contributed by atoms with Crippen molar-refractivity contribution in [3.63, 3.8) is 0 Å². The summed E-state index contributed by atoms with van der Waals surface area (Å²) >= 11 is 0. The van der Waals surface area contributed by atoms with Crippen molar-refractivity contribution in [2.45, 2.75) is 44.2 Å². The second-order valence-electron chi connectivity index (χ2n) is 5.85. The Bertz CT molecular complexity index is 570. The van der Waals surface area contributed by atoms with E-state index in [0.717, 1.165) is 18.6 Å². The van der Waals surface area contributed by atoms with E-state index >= 15 is 0 Å². The van der Waals surface area contributed by atoms with Crippen LogP contribution < -0.4 is 5.32 Å². The van der Waals surface area contributed by atoms with Crippen molar-refractivity contribution in [1.82, 2.24) is 5.32 Å². The maximum Gasteiger partial charge on any atom is 0.458 e. The Morgan fingerprint density at radius 3 is 2.57 bits per heavy atom. The average molecular weight is 335 g/mol. The first-order valence-corrected chi connectivity index (χ1v) is 7.48. The molecule has 1 saturated carbocycles. The highest BCUT2D eigenvalue weighted by Gasteiger charge is 2.58. The molecule has 1 N–H and O–H groups in total. The summed E-state index contributed by atoms with van der Waals surface area (Å²) < 4.78 is 64.0. The number of carbonyl (C=O) groups excluding carboxylic acids is 1. The topological polar surface area (TPSA) is 29.1 Å². The van der Waals surface area contributed by atoms with Gasteiger partial charge in [0.15, 0.2) is 0 Å². The third kappa shape index (κ3) is 4.00. The Labute approximate surface area is 131 Å². The molecule has 2 nitrogen and oxygen atoms in total. The maximum absolute atomic E-state index is 13.4. The SMILES string of the molecule is CCCC(=O)NCC1CC1c1cccc(C(F)(F)C(F)(F)F)c1. The van der Waals surface area contributed by atoms with E-state index in [1.807, 2.05) is 6.92 Å². The molecule has 0 spiro atoms. The van der Waals surface area contributed by atoms with Crippen molar-refractivity contribution < 1.29 is 26.7 Å². The minimum absolute atomic E-state index is 0.0736. The molecule has 0 saturated heterocycles. The van der Waals surface area contributed by atoms with Crippen LogP contribution in [-0.4, -0.2) is 18.6 Å². The average Bonchev–Trinajstić information content (AvgIpc) is 3.24. The summed E-state index contributed by atoms with van der Waals surface area (Å²) in [4.78, 5) is 11.4. The molecule has 2 unspecified atom stereocenters. The summed E-state index contributed by atoms with van der Waals surface area (Å²) in [5, 5.41) is 2.75. The van der Waals surface area contributed by atoms with Gasteiger partial charge in [0.25, 0.3) is 0 Å². The van der Waals surface area contributed by atoms with Crippen LogP contribution in [0.2, 0.25) is 0 Å². The Kier molecular flexibility index (Phi) is 4.96. The van der Waals surface area contributed by atoms with Gasteiger partial charge in [0.05, 0.1) is 0 Å². The largest absolute Gasteiger partial charge is 0.458 e. The van der Waals surface area contributed by atoms with Gasteiger partial charge in [0, 0.05) is 18.5 Å². The van der Waals surface area contributed by atoms with Crippen LogP contribution >= 0.6 is 0 Å². The number of carbonyl (C=O) groups is 1. The second kappa shape index (κ2) is 6.45. The number of amides is 1. The van der Waals surface area contributed by atoms with Gasteiger partial charge in [-0.05, 0) is 36.3 Å². The number of hydrogen-bond donors (Lipinski definition) is 1. The summed E-state index contributed by atoms with van der Waals surface area (Å²) in [6, 6.07) is 4.48. The van der Waals surface area contributed by atoms with Crippen LogP contribution in [0.15, 0.2) is 24.3 Å². The van der Waals surface area contributed by atoms with Crippen LogP contribution in [0.3, 0.4) is 0 Å². The zero-order chi connectivity index (χ0) is 17.3. The van der Waals surface area contributed by atoms with Crippen LogP contribution in [-0.2, 0) is 10.7 Å². The molecule has 1 aromatic rings. The van der Waals surface area contributed by atoms with Crippen LogP contribution in [0.25, 0.3) is 0 Å². The van der Waals surface area contributed by atoms with Crippen LogP contribution in [0.1, 0.15) is 43.2 Å². The van der Waals surface area contributed by atoms with Gasteiger partial charge in [-0.25, -0.2) is 0 Å². The van der Waals surface area contributed by atoms with Gasteiger partial charge in [-0.2, -0.15) is 22.0 Å². The third-order valence-corrected chi connectivity index (χ3v) is 3.99. The zero-order valence-corrected chi connectivity index (χ0v) is 12.6. The summed E-state index contributed by atoms with van der Waals surface area (Å²) in [6.07, 6.45) is -3.78. The predicted molar refractivity (Wildman–Crippen MR) is 75.2 cm³/mol. The quantitative estimate of drug-likeness (QED) is 0.769. The molecule has 0 bridgehead atoms. The van der Waals surface area contributed by atoms with Gasteiger partial charge in [-0.15, -0.1) is 0 Å². The minimum Gasteiger partial charge on any atom is -0.356 e. The lowest BCUT2D eigenvalue weighted by Crippen LogP contribution is -2.33. The van der Waals surface area contributed by atoms with E-state index in [2.05, 4.69) is 5.32 Å². The molecule has 23 heavy (non-hydrogen) atoms. The van der Waals surface area contributed by atoms with Crippen LogP contribution in [0, 0.1) is 5.92 Å². The molecule has 1 fully saturated rings. The Morgan fingerprint density at radius 2 is 1.96 bits per heavy atom. The number of benzene rings is 1. The fraction of sp³-hybridized carbons (Fsp3) is 0.562. The number of alkyl halides is 5. The summed E-state index contributed by atoms with van der Waals surface area (Å²) in [5.74, 6) is -4.93. The van der Waals surface area contributed by atoms with E-state index in [4.69, 9.17) is 0 Å². The van der Waals surface area contributed by atoms with Crippen molar-refractivity contribution >= 4 is 5.91 Å². The van der Waals surface area contributed by atoms with E-state index in [1.165, 1.54) is 6.07 Å². The molecule has 0 aliphatic heterocycles. The van der Waals surface area contributed by atoms with Crippen molar-refractivity contribution in [2.75, 3.05) is 6.54 Å². The maximum atomic E-state index is 13.4. The first kappa shape index (κ1) is 17.7. The van der Waals surface area contributed by atoms with Gasteiger partial charge in [-0.3, -0.25) is 4.79 Å². The predicted octanol–water partition coefficient (Wildman–Crippen LogP) is 4.36. The molecule has 1 aliphatic rings. The summed E-state index contributed by atoms with van der Waals surface area (Å²) in [7, 11) is 0. The van der Waals surface area contributed by atoms with Gasteiger partial charge in [0.2, 0.25) is 5.91 Å². The van der Waals surface area contributed by atoms with E-state index in [-0.39, 0.29) is 17.7 Å². The molecule has 0 aromatic heterocycles. The molecule has 0 heterocycles. The standard InChI is InChI=1S/C16H18F5NO/c1-2-4-14(23)22-9-11-8-13(11)10-5-3-6-12(7-10)15(17,18)16(19,20)21/h3,5-7,11,13H,2,4,8-9H2,1H3,(H,22,23). The fourth-order valence-electron chi connectivity index (χ4n) is 2.57. The van der Waals surface area contributed by atoms with Gasteiger partial charge in [-0.1, -0.05) is 25.1 Å². The number of nitrogens with one attached hydrogen (secondary N) is 1. The van der Waals surface area contributed by atoms with Crippen molar-refractivity contribution in [3.05, 3.63) is 35.4 Å². The number of rotatable bonds is 6. The Hall–Kier alpha value is -1.66. The molecule has 7 heteroatoms. The molecule has 128 valence electrons. The van der Waals surface area contributed by atoms with E-state index < -0.39 is 17.7 Å². The second-order valence-corrected chi connectivity index (χ2v) is 5.85. The molecule has 0 radical (unpaired) electrons. The number of hydrogen-bond acceptors (Lipinski definition) is 1. The van der Waals surface area contributed by atoms with Crippen LogP contribution in [0.4, 0.5) is 22.0 Å². The molecule has 1 amide bonds. The van der Waals surface area contributed by atoms with Gasteiger partial charge in [0.1, 0.15) is 0 Å². The van der Waals surface area contributed by atoms with Crippen molar-refractivity contribution in [1.29, 1.82) is 0 Å². The molecule has 1 aromatic carbocycles. The Morgan fingerprint density at radius 1 is 1.26 bits per heavy atom. The monoisotopic (exact) mass is 335 g/mol. The number of halogens is 5. The lowest BCUT2D eigenvalue weighted by atomic mass is 10.0. The molecule has 2 rings (SSSR count). The van der Waals surface area contributed by atoms with E-state index in [0.29, 0.717) is 24.9 Å². The zero-order valence-electron chi connectivity index (χ0n) is 12.6. The molecule has 2 atom stereocenters. The van der Waals surface area contributed by atoms with Crippen molar-refractivity contribution in [3.8, 4) is 0 Å². The lowest BCUT2D eigenvalue weighted by molar-refractivity contribution is -0.289. The van der Waals surface area contributed by atoms with E-state index in [1.54, 1.807) is 6.07 Å². The summed E-state index contributed by atoms with van der Waals surface area (Å²) in [6.45, 7) is 2.30. The fourth-order valence-corrected chi connectivity index (χ4v) is 2.57. The minimum atomic E-state index is -5.61. The molecule has 1 aliphatic carbocycles. The highest BCUT2D eigenvalue weighted by atomic mass is 19.4. The normalized spacial score (nSPS) is 21.1. The first-order chi connectivity index (χ1) is 10.7. The Balaban J connectivity index is 2.01. The lowest BCUT2D eigenvalue weighted by Gasteiger charge is -2.20. The van der Waals surface area contributed by atoms with Crippen molar-refractivity contribution in [2.24, 2.45) is 5.92 Å². The highest BCUT2D eigenvalue weighted by molar-refractivity contribution is 5.75. The smallest absolute Gasteiger partial charge is 0.356 e. The summed E-state index contributed by atoms with van der Waals surface area (Å²) in [5.41, 5.74) is -0.579. The molecular weight excluding hydrogens is 317 g/mol.